The first-order valence-electron chi connectivity index (χ1n) is 11.0. The summed E-state index contributed by atoms with van der Waals surface area (Å²) in [6.07, 6.45) is 2.11. The summed E-state index contributed by atoms with van der Waals surface area (Å²) in [4.78, 5) is 28.1. The lowest BCUT2D eigenvalue weighted by Crippen LogP contribution is -2.53. The molecule has 0 saturated carbocycles. The van der Waals surface area contributed by atoms with E-state index in [4.69, 9.17) is 23.2 Å². The van der Waals surface area contributed by atoms with Crippen LogP contribution in [0.3, 0.4) is 0 Å². The van der Waals surface area contributed by atoms with Crippen LogP contribution in [0, 0.1) is 0 Å². The molecule has 0 spiro atoms. The van der Waals surface area contributed by atoms with Crippen LogP contribution in [0.2, 0.25) is 10.0 Å². The van der Waals surface area contributed by atoms with E-state index in [9.17, 15) is 18.0 Å². The Morgan fingerprint density at radius 3 is 2.15 bits per heavy atom. The minimum Gasteiger partial charge on any atom is -0.352 e. The molecule has 0 aliphatic rings. The quantitative estimate of drug-likeness (QED) is 0.466. The van der Waals surface area contributed by atoms with Gasteiger partial charge in [0.1, 0.15) is 12.6 Å². The molecule has 0 heterocycles. The minimum atomic E-state index is -3.80. The predicted molar refractivity (Wildman–Crippen MR) is 138 cm³/mol. The zero-order chi connectivity index (χ0) is 25.5. The highest BCUT2D eigenvalue weighted by Crippen LogP contribution is 2.23. The number of benzene rings is 2. The number of carbonyl (C=O) groups excluding carboxylic acids is 2. The minimum absolute atomic E-state index is 0.0587. The largest absolute Gasteiger partial charge is 0.352 e. The van der Waals surface area contributed by atoms with E-state index in [1.807, 2.05) is 13.8 Å². The van der Waals surface area contributed by atoms with Crippen molar-refractivity contribution in [1.29, 1.82) is 0 Å². The Kier molecular flexibility index (Phi) is 10.2. The highest BCUT2D eigenvalue weighted by Gasteiger charge is 2.32. The van der Waals surface area contributed by atoms with Gasteiger partial charge in [-0.1, -0.05) is 55.2 Å². The van der Waals surface area contributed by atoms with Crippen molar-refractivity contribution in [2.45, 2.75) is 52.2 Å². The van der Waals surface area contributed by atoms with Crippen LogP contribution in [-0.2, 0) is 26.2 Å². The smallest absolute Gasteiger partial charge is 0.244 e. The van der Waals surface area contributed by atoms with E-state index < -0.39 is 28.5 Å². The van der Waals surface area contributed by atoms with E-state index in [0.29, 0.717) is 27.7 Å². The van der Waals surface area contributed by atoms with Crippen LogP contribution in [0.25, 0.3) is 0 Å². The zero-order valence-corrected chi connectivity index (χ0v) is 22.1. The first-order valence-corrected chi connectivity index (χ1v) is 13.6. The predicted octanol–water partition coefficient (Wildman–Crippen LogP) is 4.48. The van der Waals surface area contributed by atoms with E-state index in [2.05, 4.69) is 5.32 Å². The van der Waals surface area contributed by atoms with E-state index in [1.165, 1.54) is 17.0 Å². The molecule has 0 unspecified atom stereocenters. The molecule has 0 aliphatic heterocycles. The number of hydrogen-bond donors (Lipinski definition) is 1. The molecule has 1 N–H and O–H groups in total. The maximum absolute atomic E-state index is 13.6. The van der Waals surface area contributed by atoms with Gasteiger partial charge < -0.3 is 10.2 Å². The first-order chi connectivity index (χ1) is 16.0. The summed E-state index contributed by atoms with van der Waals surface area (Å²) in [5.41, 5.74) is 0.958. The number of carbonyl (C=O) groups is 2. The number of amides is 2. The van der Waals surface area contributed by atoms with Crippen LogP contribution in [0.15, 0.2) is 48.5 Å². The number of hydrogen-bond acceptors (Lipinski definition) is 4. The fourth-order valence-electron chi connectivity index (χ4n) is 3.39. The van der Waals surface area contributed by atoms with Gasteiger partial charge in [-0.15, -0.1) is 0 Å². The molecule has 2 atom stereocenters. The lowest BCUT2D eigenvalue weighted by Gasteiger charge is -2.33. The van der Waals surface area contributed by atoms with Crippen molar-refractivity contribution < 1.29 is 18.0 Å². The summed E-state index contributed by atoms with van der Waals surface area (Å²) in [5, 5.41) is 3.82. The highest BCUT2D eigenvalue weighted by molar-refractivity contribution is 7.92. The van der Waals surface area contributed by atoms with E-state index in [0.717, 1.165) is 17.0 Å². The van der Waals surface area contributed by atoms with Gasteiger partial charge in [-0.2, -0.15) is 0 Å². The fraction of sp³-hybridized carbons (Fsp3) is 0.417. The lowest BCUT2D eigenvalue weighted by molar-refractivity contribution is -0.140. The van der Waals surface area contributed by atoms with Crippen LogP contribution in [-0.4, -0.2) is 50.0 Å². The number of sulfonamides is 1. The standard InChI is InChI=1S/C24H31Cl2N3O4S/c1-5-17(3)27-24(31)22(6-2)28(15-18-9-7-8-10-21(18)26)23(30)16-29(34(4,32)33)20-13-11-19(25)12-14-20/h7-14,17,22H,5-6,15-16H2,1-4H3,(H,27,31)/t17-,22-/m0/s1. The monoisotopic (exact) mass is 527 g/mol. The van der Waals surface area contributed by atoms with Gasteiger partial charge in [0, 0.05) is 22.6 Å². The highest BCUT2D eigenvalue weighted by atomic mass is 35.5. The molecule has 10 heteroatoms. The van der Waals surface area contributed by atoms with Gasteiger partial charge in [-0.25, -0.2) is 8.42 Å². The summed E-state index contributed by atoms with van der Waals surface area (Å²) in [6, 6.07) is 12.3. The van der Waals surface area contributed by atoms with Gasteiger partial charge in [-0.05, 0) is 55.7 Å². The Labute approximate surface area is 212 Å². The van der Waals surface area contributed by atoms with Crippen LogP contribution in [0.4, 0.5) is 5.69 Å². The zero-order valence-electron chi connectivity index (χ0n) is 19.8. The van der Waals surface area contributed by atoms with Gasteiger partial charge in [0.25, 0.3) is 0 Å². The van der Waals surface area contributed by atoms with Crippen LogP contribution < -0.4 is 9.62 Å². The number of anilines is 1. The van der Waals surface area contributed by atoms with Gasteiger partial charge in [0.2, 0.25) is 21.8 Å². The first kappa shape index (κ1) is 28.0. The maximum Gasteiger partial charge on any atom is 0.244 e. The van der Waals surface area contributed by atoms with Crippen LogP contribution in [0.5, 0.6) is 0 Å². The third-order valence-corrected chi connectivity index (χ3v) is 7.24. The molecule has 2 amide bonds. The molecule has 0 aliphatic carbocycles. The molecule has 0 fully saturated rings. The molecule has 2 aromatic carbocycles. The number of rotatable bonds is 11. The Morgan fingerprint density at radius 1 is 1.00 bits per heavy atom. The summed E-state index contributed by atoms with van der Waals surface area (Å²) in [7, 11) is -3.80. The van der Waals surface area contributed by atoms with Gasteiger partial charge in [-0.3, -0.25) is 13.9 Å². The van der Waals surface area contributed by atoms with Gasteiger partial charge in [0.05, 0.1) is 11.9 Å². The van der Waals surface area contributed by atoms with Crippen LogP contribution in [0.1, 0.15) is 39.2 Å². The van der Waals surface area contributed by atoms with Crippen molar-refractivity contribution in [3.8, 4) is 0 Å². The molecule has 0 radical (unpaired) electrons. The molecule has 7 nitrogen and oxygen atoms in total. The van der Waals surface area contributed by atoms with Gasteiger partial charge in [0.15, 0.2) is 0 Å². The molecule has 0 bridgehead atoms. The Hall–Kier alpha value is -2.29. The van der Waals surface area contributed by atoms with Crippen molar-refractivity contribution in [3.63, 3.8) is 0 Å². The summed E-state index contributed by atoms with van der Waals surface area (Å²) in [6.45, 7) is 5.23. The van der Waals surface area contributed by atoms with E-state index in [1.54, 1.807) is 43.3 Å². The summed E-state index contributed by atoms with van der Waals surface area (Å²) < 4.78 is 26.1. The topological polar surface area (TPSA) is 86.8 Å². The Morgan fingerprint density at radius 2 is 1.62 bits per heavy atom. The molecular formula is C24H31Cl2N3O4S. The Bertz CT molecular complexity index is 1090. The molecule has 0 saturated heterocycles. The number of nitrogens with zero attached hydrogens (tertiary/aromatic N) is 2. The van der Waals surface area contributed by atoms with Crippen molar-refractivity contribution >= 4 is 50.7 Å². The summed E-state index contributed by atoms with van der Waals surface area (Å²) >= 11 is 12.3. The third-order valence-electron chi connectivity index (χ3n) is 5.48. The SMILES string of the molecule is CC[C@H](C)NC(=O)[C@H](CC)N(Cc1ccccc1Cl)C(=O)CN(c1ccc(Cl)cc1)S(C)(=O)=O. The third kappa shape index (κ3) is 7.61. The van der Waals surface area contributed by atoms with Crippen molar-refractivity contribution in [2.24, 2.45) is 0 Å². The second kappa shape index (κ2) is 12.4. The normalized spacial score (nSPS) is 13.1. The number of halogens is 2. The molecule has 2 rings (SSSR count). The fourth-order valence-corrected chi connectivity index (χ4v) is 4.56. The average molecular weight is 529 g/mol. The second-order valence-corrected chi connectivity index (χ2v) is 10.9. The second-order valence-electron chi connectivity index (χ2n) is 8.10. The van der Waals surface area contributed by atoms with Crippen molar-refractivity contribution in [1.82, 2.24) is 10.2 Å². The average Bonchev–Trinajstić information content (AvgIpc) is 2.78. The van der Waals surface area contributed by atoms with Crippen LogP contribution >= 0.6 is 23.2 Å². The lowest BCUT2D eigenvalue weighted by atomic mass is 10.1. The van der Waals surface area contributed by atoms with Gasteiger partial charge >= 0.3 is 0 Å². The van der Waals surface area contributed by atoms with Crippen molar-refractivity contribution in [3.05, 3.63) is 64.1 Å². The molecule has 0 aromatic heterocycles. The summed E-state index contributed by atoms with van der Waals surface area (Å²) in [5.74, 6) is -0.818. The molecule has 186 valence electrons. The maximum atomic E-state index is 13.6. The Balaban J connectivity index is 2.44. The number of nitrogens with one attached hydrogen (secondary N) is 1. The molecule has 34 heavy (non-hydrogen) atoms. The molecule has 2 aromatic rings. The van der Waals surface area contributed by atoms with Crippen molar-refractivity contribution in [2.75, 3.05) is 17.1 Å². The van der Waals surface area contributed by atoms with E-state index >= 15 is 0 Å². The van der Waals surface area contributed by atoms with E-state index in [-0.39, 0.29) is 18.5 Å². The molecular weight excluding hydrogens is 497 g/mol.